The summed E-state index contributed by atoms with van der Waals surface area (Å²) in [5, 5.41) is 10.4. The molecule has 4 rings (SSSR count). The Morgan fingerprint density at radius 3 is 2.66 bits per heavy atom. The molecule has 182 valence electrons. The van der Waals surface area contributed by atoms with Crippen LogP contribution in [0, 0.1) is 11.3 Å². The average Bonchev–Trinajstić information content (AvgIpc) is 3.27. The monoisotopic (exact) mass is 511 g/mol. The third kappa shape index (κ3) is 6.09. The molecule has 1 aromatic heterocycles. The van der Waals surface area contributed by atoms with Crippen molar-refractivity contribution in [2.45, 2.75) is 25.0 Å². The number of carbonyl (C=O) groups is 1. The Morgan fingerprint density at radius 2 is 1.97 bits per heavy atom. The van der Waals surface area contributed by atoms with Crippen LogP contribution in [0.3, 0.4) is 0 Å². The summed E-state index contributed by atoms with van der Waals surface area (Å²) in [5.74, 6) is -0.0932. The first-order valence-corrected chi connectivity index (χ1v) is 13.6. The third-order valence-corrected chi connectivity index (χ3v) is 7.33. The maximum atomic E-state index is 13.1. The van der Waals surface area contributed by atoms with Gasteiger partial charge in [-0.05, 0) is 30.2 Å². The molecule has 2 heterocycles. The Labute approximate surface area is 210 Å². The van der Waals surface area contributed by atoms with E-state index in [1.165, 1.54) is 6.26 Å². The van der Waals surface area contributed by atoms with E-state index in [9.17, 15) is 18.5 Å². The van der Waals surface area contributed by atoms with Gasteiger partial charge >= 0.3 is 0 Å². The number of hydrogen-bond donors (Lipinski definition) is 0. The van der Waals surface area contributed by atoms with Crippen molar-refractivity contribution >= 4 is 33.0 Å². The van der Waals surface area contributed by atoms with E-state index in [4.69, 9.17) is 11.6 Å². The van der Waals surface area contributed by atoms with Crippen LogP contribution in [0.5, 0.6) is 0 Å². The molecule has 2 atom stereocenters. The quantitative estimate of drug-likeness (QED) is 0.460. The Balaban J connectivity index is 1.60. The molecular weight excluding hydrogens is 486 g/mol. The molecule has 1 amide bonds. The van der Waals surface area contributed by atoms with Crippen LogP contribution >= 0.6 is 11.6 Å². The number of benzene rings is 2. The van der Waals surface area contributed by atoms with E-state index in [-0.39, 0.29) is 24.2 Å². The number of carbonyl (C=O) groups excluding carboxylic acids is 1. The minimum atomic E-state index is -3.18. The highest BCUT2D eigenvalue weighted by atomic mass is 35.5. The van der Waals surface area contributed by atoms with Crippen molar-refractivity contribution in [1.29, 1.82) is 5.26 Å². The van der Waals surface area contributed by atoms with Crippen molar-refractivity contribution in [1.82, 2.24) is 14.5 Å². The zero-order valence-electron chi connectivity index (χ0n) is 19.3. The summed E-state index contributed by atoms with van der Waals surface area (Å²) in [7, 11) is -3.18. The van der Waals surface area contributed by atoms with Crippen LogP contribution < -0.4 is 4.90 Å². The Morgan fingerprint density at radius 1 is 1.20 bits per heavy atom. The number of nitriles is 1. The number of rotatable bonds is 8. The smallest absolute Gasteiger partial charge is 0.241 e. The number of anilines is 1. The van der Waals surface area contributed by atoms with E-state index >= 15 is 0 Å². The van der Waals surface area contributed by atoms with Gasteiger partial charge in [-0.25, -0.2) is 13.4 Å². The predicted octanol–water partition coefficient (Wildman–Crippen LogP) is 3.30. The molecule has 1 aliphatic rings. The molecule has 0 spiro atoms. The van der Waals surface area contributed by atoms with Crippen LogP contribution in [-0.2, 0) is 21.2 Å². The molecule has 3 aromatic rings. The fourth-order valence-electron chi connectivity index (χ4n) is 4.35. The normalized spacial score (nSPS) is 17.8. The number of sulfone groups is 1. The van der Waals surface area contributed by atoms with Crippen molar-refractivity contribution < 1.29 is 13.2 Å². The summed E-state index contributed by atoms with van der Waals surface area (Å²) >= 11 is 6.14. The molecule has 0 aliphatic carbocycles. The zero-order chi connectivity index (χ0) is 25.0. The molecule has 1 unspecified atom stereocenters. The predicted molar refractivity (Wildman–Crippen MR) is 135 cm³/mol. The second kappa shape index (κ2) is 10.6. The number of hydrogen-bond acceptors (Lipinski definition) is 6. The Kier molecular flexibility index (Phi) is 7.55. The van der Waals surface area contributed by atoms with Crippen molar-refractivity contribution in [3.05, 3.63) is 83.4 Å². The molecule has 0 saturated carbocycles. The highest BCUT2D eigenvalue weighted by Gasteiger charge is 2.34. The summed E-state index contributed by atoms with van der Waals surface area (Å²) in [6.07, 6.45) is 4.89. The van der Waals surface area contributed by atoms with Crippen molar-refractivity contribution in [3.8, 4) is 6.07 Å². The summed E-state index contributed by atoms with van der Waals surface area (Å²) in [6, 6.07) is 18.1. The summed E-state index contributed by atoms with van der Waals surface area (Å²) in [5.41, 5.74) is 2.30. The van der Waals surface area contributed by atoms with Crippen LogP contribution in [0.2, 0.25) is 5.02 Å². The maximum Gasteiger partial charge on any atom is 0.241 e. The lowest BCUT2D eigenvalue weighted by Crippen LogP contribution is -2.56. The summed E-state index contributed by atoms with van der Waals surface area (Å²) < 4.78 is 25.7. The van der Waals surface area contributed by atoms with Crippen LogP contribution in [0.25, 0.3) is 0 Å². The van der Waals surface area contributed by atoms with Crippen molar-refractivity contribution in [3.63, 3.8) is 0 Å². The van der Waals surface area contributed by atoms with Gasteiger partial charge in [-0.3, -0.25) is 9.69 Å². The highest BCUT2D eigenvalue weighted by Crippen LogP contribution is 2.27. The van der Waals surface area contributed by atoms with Crippen LogP contribution in [0.1, 0.15) is 23.7 Å². The second-order valence-electron chi connectivity index (χ2n) is 8.70. The molecule has 0 bridgehead atoms. The molecule has 1 aliphatic heterocycles. The number of amides is 1. The van der Waals surface area contributed by atoms with Gasteiger partial charge in [0, 0.05) is 42.3 Å². The molecule has 1 fully saturated rings. The van der Waals surface area contributed by atoms with Crippen molar-refractivity contribution in [2.75, 3.05) is 30.0 Å². The first kappa shape index (κ1) is 24.9. The van der Waals surface area contributed by atoms with Gasteiger partial charge < -0.3 is 9.47 Å². The summed E-state index contributed by atoms with van der Waals surface area (Å²) in [4.78, 5) is 21.0. The van der Waals surface area contributed by atoms with Gasteiger partial charge in [0.2, 0.25) is 5.91 Å². The Hall–Kier alpha value is -3.19. The standard InChI is InChI=1S/C25H26ClN5O3S/c1-35(33,34)11-10-22-16-30(21-9-5-8-20(26)12-21)25(32)17-29(22)15-23-14-28-18-31(23)24(13-27)19-6-3-2-4-7-19/h2-9,12,14,18,22,24H,10-11,15-17H2,1H3/t22-,24?/m0/s1. The SMILES string of the molecule is CS(=O)(=O)CC[C@H]1CN(c2cccc(Cl)c2)C(=O)CN1Cc1cncn1C(C#N)c1ccccc1. The van der Waals surface area contributed by atoms with E-state index in [2.05, 4.69) is 11.1 Å². The minimum Gasteiger partial charge on any atom is -0.313 e. The number of piperazine rings is 1. The van der Waals surface area contributed by atoms with Gasteiger partial charge in [-0.1, -0.05) is 48.0 Å². The van der Waals surface area contributed by atoms with Gasteiger partial charge in [0.05, 0.1) is 30.4 Å². The van der Waals surface area contributed by atoms with E-state index < -0.39 is 15.9 Å². The topological polar surface area (TPSA) is 99.3 Å². The first-order valence-electron chi connectivity index (χ1n) is 11.2. The molecule has 0 radical (unpaired) electrons. The molecule has 8 nitrogen and oxygen atoms in total. The van der Waals surface area contributed by atoms with Crippen LogP contribution in [0.15, 0.2) is 67.1 Å². The number of halogens is 1. The highest BCUT2D eigenvalue weighted by molar-refractivity contribution is 7.90. The van der Waals surface area contributed by atoms with Gasteiger partial charge in [0.15, 0.2) is 0 Å². The van der Waals surface area contributed by atoms with Gasteiger partial charge in [0.25, 0.3) is 0 Å². The summed E-state index contributed by atoms with van der Waals surface area (Å²) in [6.45, 7) is 0.798. The van der Waals surface area contributed by atoms with Crippen molar-refractivity contribution in [2.24, 2.45) is 0 Å². The lowest BCUT2D eigenvalue weighted by Gasteiger charge is -2.41. The molecule has 1 saturated heterocycles. The molecule has 35 heavy (non-hydrogen) atoms. The lowest BCUT2D eigenvalue weighted by molar-refractivity contribution is -0.122. The molecular formula is C25H26ClN5O3S. The number of aromatic nitrogens is 2. The van der Waals surface area contributed by atoms with Crippen LogP contribution in [0.4, 0.5) is 5.69 Å². The third-order valence-electron chi connectivity index (χ3n) is 6.12. The molecule has 0 N–H and O–H groups in total. The van der Waals surface area contributed by atoms with Gasteiger partial charge in [0.1, 0.15) is 15.9 Å². The largest absolute Gasteiger partial charge is 0.313 e. The minimum absolute atomic E-state index is 0.00976. The van der Waals surface area contributed by atoms with E-state index in [1.54, 1.807) is 40.2 Å². The molecule has 2 aromatic carbocycles. The van der Waals surface area contributed by atoms with Crippen LogP contribution in [-0.4, -0.2) is 59.9 Å². The fourth-order valence-corrected chi connectivity index (χ4v) is 5.23. The molecule has 10 heteroatoms. The first-order chi connectivity index (χ1) is 16.7. The number of imidazole rings is 1. The number of nitrogens with zero attached hydrogens (tertiary/aromatic N) is 5. The fraction of sp³-hybridized carbons (Fsp3) is 0.320. The Bertz CT molecular complexity index is 1340. The van der Waals surface area contributed by atoms with E-state index in [0.717, 1.165) is 11.3 Å². The van der Waals surface area contributed by atoms with Gasteiger partial charge in [-0.15, -0.1) is 0 Å². The lowest BCUT2D eigenvalue weighted by atomic mass is 10.1. The van der Waals surface area contributed by atoms with Gasteiger partial charge in [-0.2, -0.15) is 5.26 Å². The average molecular weight is 512 g/mol. The zero-order valence-corrected chi connectivity index (χ0v) is 20.9. The van der Waals surface area contributed by atoms with E-state index in [0.29, 0.717) is 30.2 Å². The second-order valence-corrected chi connectivity index (χ2v) is 11.4. The maximum absolute atomic E-state index is 13.1. The van der Waals surface area contributed by atoms with E-state index in [1.807, 2.05) is 41.3 Å².